The summed E-state index contributed by atoms with van der Waals surface area (Å²) in [6, 6.07) is 4.88. The highest BCUT2D eigenvalue weighted by Gasteiger charge is 2.41. The number of nitrogens with one attached hydrogen (secondary N) is 1. The second-order valence-electron chi connectivity index (χ2n) is 14.0. The van der Waals surface area contributed by atoms with Crippen molar-refractivity contribution in [3.8, 4) is 5.75 Å². The lowest BCUT2D eigenvalue weighted by Gasteiger charge is -2.35. The van der Waals surface area contributed by atoms with Gasteiger partial charge in [-0.2, -0.15) is 13.2 Å². The summed E-state index contributed by atoms with van der Waals surface area (Å²) < 4.78 is 59.3. The SMILES string of the molecule is CC(C(=O)NC(C(=O)N1CCC[C@H]1c1nc(C(=O)c2cccc(OCCOCCOCCOCCOCCN)c2)cs1)C1CCCCC1)N(C)C(=O)O.O=C(O)C(F)(F)F. The highest BCUT2D eigenvalue weighted by molar-refractivity contribution is 7.10. The highest BCUT2D eigenvalue weighted by Crippen LogP contribution is 2.37. The van der Waals surface area contributed by atoms with E-state index in [1.54, 1.807) is 34.5 Å². The first-order valence-electron chi connectivity index (χ1n) is 19.8. The minimum Gasteiger partial charge on any atom is -0.491 e. The molecular formula is C39H56F3N5O12S. The Morgan fingerprint density at radius 1 is 0.917 bits per heavy atom. The van der Waals surface area contributed by atoms with Crippen LogP contribution in [0, 0.1) is 5.92 Å². The van der Waals surface area contributed by atoms with Crippen LogP contribution in [0.2, 0.25) is 0 Å². The van der Waals surface area contributed by atoms with E-state index in [2.05, 4.69) is 5.32 Å². The number of rotatable bonds is 23. The van der Waals surface area contributed by atoms with E-state index < -0.39 is 36.2 Å². The van der Waals surface area contributed by atoms with Crippen LogP contribution in [0.1, 0.15) is 79.0 Å². The number of carbonyl (C=O) groups excluding carboxylic acids is 3. The summed E-state index contributed by atoms with van der Waals surface area (Å²) in [7, 11) is 1.34. The maximum atomic E-state index is 14.2. The van der Waals surface area contributed by atoms with E-state index in [-0.39, 0.29) is 29.3 Å². The van der Waals surface area contributed by atoms with Crippen molar-refractivity contribution in [1.82, 2.24) is 20.1 Å². The molecule has 1 aromatic carbocycles. The van der Waals surface area contributed by atoms with Crippen molar-refractivity contribution < 1.29 is 71.0 Å². The molecule has 2 heterocycles. The number of carbonyl (C=O) groups is 5. The Morgan fingerprint density at radius 2 is 1.50 bits per heavy atom. The number of ketones is 1. The minimum absolute atomic E-state index is 0.0406. The standard InChI is InChI=1S/C37H55N5O10S.C2HF3O2/c1-26(41(2)37(46)47)34(44)40-32(27-8-4-3-5-9-27)36(45)42-14-7-12-31(42)35-39-30(25-53-35)33(43)28-10-6-11-29(24-28)52-23-22-51-21-20-50-19-18-49-17-16-48-15-13-38;3-2(4,5)1(6)7/h6,10-11,24-27,31-32H,3-5,7-9,12-23,38H2,1-2H3,(H,40,44)(H,46,47);(H,6,7)/t26?,31-,32?;/m0./s1. The first-order valence-corrected chi connectivity index (χ1v) is 20.6. The molecule has 60 heavy (non-hydrogen) atoms. The Balaban J connectivity index is 0.00000126. The van der Waals surface area contributed by atoms with Crippen molar-refractivity contribution in [3.05, 3.63) is 45.9 Å². The normalized spacial score (nSPS) is 16.6. The van der Waals surface area contributed by atoms with E-state index in [4.69, 9.17) is 44.3 Å². The van der Waals surface area contributed by atoms with Gasteiger partial charge in [-0.05, 0) is 50.7 Å². The molecule has 3 atom stereocenters. The number of nitrogens with two attached hydrogens (primary N) is 1. The van der Waals surface area contributed by atoms with Gasteiger partial charge in [0.1, 0.15) is 35.1 Å². The Kier molecular flexibility index (Phi) is 21.7. The number of carboxylic acid groups (broad SMARTS) is 2. The summed E-state index contributed by atoms with van der Waals surface area (Å²) in [6.07, 6.45) is -0.214. The average Bonchev–Trinajstić information content (AvgIpc) is 3.93. The molecule has 0 spiro atoms. The van der Waals surface area contributed by atoms with Crippen LogP contribution in [0.3, 0.4) is 0 Å². The maximum absolute atomic E-state index is 14.2. The van der Waals surface area contributed by atoms with E-state index in [0.717, 1.165) is 43.4 Å². The number of carboxylic acids is 1. The number of alkyl halides is 3. The van der Waals surface area contributed by atoms with Crippen molar-refractivity contribution in [2.75, 3.05) is 79.6 Å². The number of likely N-dealkylation sites (N-methyl/N-ethyl adjacent to an activating group) is 1. The molecule has 336 valence electrons. The number of ether oxygens (including phenoxy) is 5. The number of nitrogens with zero attached hydrogens (tertiary/aromatic N) is 3. The van der Waals surface area contributed by atoms with Crippen LogP contribution in [0.4, 0.5) is 18.0 Å². The van der Waals surface area contributed by atoms with Crippen LogP contribution in [0.5, 0.6) is 5.75 Å². The Hall–Kier alpha value is -4.41. The lowest BCUT2D eigenvalue weighted by Crippen LogP contribution is -2.56. The third kappa shape index (κ3) is 16.6. The van der Waals surface area contributed by atoms with Crippen LogP contribution in [0.15, 0.2) is 29.6 Å². The average molecular weight is 876 g/mol. The lowest BCUT2D eigenvalue weighted by atomic mass is 9.83. The highest BCUT2D eigenvalue weighted by atomic mass is 32.1. The zero-order valence-electron chi connectivity index (χ0n) is 33.9. The summed E-state index contributed by atoms with van der Waals surface area (Å²) in [5, 5.41) is 21.8. The van der Waals surface area contributed by atoms with Gasteiger partial charge in [0.25, 0.3) is 0 Å². The number of hydrogen-bond donors (Lipinski definition) is 4. The van der Waals surface area contributed by atoms with Crippen molar-refractivity contribution in [2.45, 2.75) is 76.2 Å². The molecule has 21 heteroatoms. The summed E-state index contributed by atoms with van der Waals surface area (Å²) in [5.74, 6) is -3.20. The molecule has 5 N–H and O–H groups in total. The van der Waals surface area contributed by atoms with Gasteiger partial charge >= 0.3 is 18.2 Å². The van der Waals surface area contributed by atoms with Crippen molar-refractivity contribution in [2.24, 2.45) is 11.7 Å². The third-order valence-corrected chi connectivity index (χ3v) is 10.7. The number of likely N-dealkylation sites (tertiary alicyclic amines) is 1. The minimum atomic E-state index is -5.08. The van der Waals surface area contributed by atoms with Gasteiger partial charge in [0.05, 0.1) is 58.9 Å². The molecule has 1 saturated carbocycles. The molecule has 0 bridgehead atoms. The van der Waals surface area contributed by atoms with Gasteiger partial charge < -0.3 is 49.8 Å². The Bertz CT molecular complexity index is 1660. The smallest absolute Gasteiger partial charge is 0.490 e. The number of amides is 3. The fourth-order valence-electron chi connectivity index (χ4n) is 6.41. The van der Waals surface area contributed by atoms with Gasteiger partial charge in [0, 0.05) is 31.1 Å². The number of aromatic nitrogens is 1. The van der Waals surface area contributed by atoms with Crippen LogP contribution < -0.4 is 15.8 Å². The molecule has 2 aliphatic rings. The number of thiazole rings is 1. The van der Waals surface area contributed by atoms with Crippen LogP contribution in [0.25, 0.3) is 0 Å². The summed E-state index contributed by atoms with van der Waals surface area (Å²) >= 11 is 1.34. The van der Waals surface area contributed by atoms with E-state index in [1.807, 2.05) is 0 Å². The topological polar surface area (TPSA) is 229 Å². The molecule has 2 unspecified atom stereocenters. The lowest BCUT2D eigenvalue weighted by molar-refractivity contribution is -0.192. The maximum Gasteiger partial charge on any atom is 0.490 e. The number of halogens is 3. The quantitative estimate of drug-likeness (QED) is 0.0909. The van der Waals surface area contributed by atoms with Crippen molar-refractivity contribution >= 4 is 41.0 Å². The largest absolute Gasteiger partial charge is 0.491 e. The molecule has 1 aliphatic heterocycles. The second-order valence-corrected chi connectivity index (χ2v) is 14.9. The predicted octanol–water partition coefficient (Wildman–Crippen LogP) is 4.14. The monoisotopic (exact) mass is 875 g/mol. The van der Waals surface area contributed by atoms with Gasteiger partial charge in [0.2, 0.25) is 17.6 Å². The van der Waals surface area contributed by atoms with E-state index in [1.165, 1.54) is 25.3 Å². The summed E-state index contributed by atoms with van der Waals surface area (Å²) in [5.41, 5.74) is 6.08. The molecule has 2 fully saturated rings. The summed E-state index contributed by atoms with van der Waals surface area (Å²) in [6.45, 7) is 6.48. The molecular weight excluding hydrogens is 820 g/mol. The molecule has 17 nitrogen and oxygen atoms in total. The molecule has 1 aromatic heterocycles. The van der Waals surface area contributed by atoms with Gasteiger partial charge in [0.15, 0.2) is 0 Å². The van der Waals surface area contributed by atoms with Crippen molar-refractivity contribution in [3.63, 3.8) is 0 Å². The molecule has 1 aliphatic carbocycles. The van der Waals surface area contributed by atoms with Crippen LogP contribution in [-0.2, 0) is 33.3 Å². The fraction of sp³-hybridized carbons (Fsp3) is 0.641. The third-order valence-electron chi connectivity index (χ3n) is 9.74. The first-order chi connectivity index (χ1) is 28.6. The van der Waals surface area contributed by atoms with Crippen LogP contribution in [-0.4, -0.2) is 153 Å². The molecule has 2 aromatic rings. The summed E-state index contributed by atoms with van der Waals surface area (Å²) in [4.78, 5) is 68.6. The molecule has 1 saturated heterocycles. The van der Waals surface area contributed by atoms with Gasteiger partial charge in [-0.3, -0.25) is 19.3 Å². The fourth-order valence-corrected chi connectivity index (χ4v) is 7.36. The molecule has 4 rings (SSSR count). The Labute approximate surface area is 350 Å². The van der Waals surface area contributed by atoms with Gasteiger partial charge in [-0.25, -0.2) is 14.6 Å². The van der Waals surface area contributed by atoms with E-state index in [9.17, 15) is 37.5 Å². The Morgan fingerprint density at radius 3 is 2.07 bits per heavy atom. The van der Waals surface area contributed by atoms with E-state index in [0.29, 0.717) is 95.3 Å². The number of hydrogen-bond acceptors (Lipinski definition) is 13. The number of benzene rings is 1. The van der Waals surface area contributed by atoms with Crippen molar-refractivity contribution in [1.29, 1.82) is 0 Å². The number of aliphatic carboxylic acids is 1. The van der Waals surface area contributed by atoms with E-state index >= 15 is 0 Å². The zero-order valence-corrected chi connectivity index (χ0v) is 34.7. The zero-order chi connectivity index (χ0) is 44.1. The van der Waals surface area contributed by atoms with Gasteiger partial charge in [-0.1, -0.05) is 31.4 Å². The molecule has 0 radical (unpaired) electrons. The first kappa shape index (κ1) is 49.9. The second kappa shape index (κ2) is 26.0. The predicted molar refractivity (Wildman–Crippen MR) is 211 cm³/mol. The molecule has 3 amide bonds. The van der Waals surface area contributed by atoms with Crippen LogP contribution >= 0.6 is 11.3 Å². The van der Waals surface area contributed by atoms with Gasteiger partial charge in [-0.15, -0.1) is 11.3 Å².